The Hall–Kier alpha value is -2.72. The predicted octanol–water partition coefficient (Wildman–Crippen LogP) is 5.72. The molecule has 4 heteroatoms. The first-order valence-corrected chi connectivity index (χ1v) is 10.3. The molecule has 0 aromatic carbocycles. The van der Waals surface area contributed by atoms with Crippen molar-refractivity contribution in [2.24, 2.45) is 4.99 Å². The van der Waals surface area contributed by atoms with E-state index in [1.54, 1.807) is 6.20 Å². The number of allylic oxidation sites excluding steroid dienone is 6. The summed E-state index contributed by atoms with van der Waals surface area (Å²) in [6, 6.07) is 3.99. The van der Waals surface area contributed by atoms with Gasteiger partial charge in [-0.1, -0.05) is 43.9 Å². The van der Waals surface area contributed by atoms with Gasteiger partial charge in [-0.3, -0.25) is 4.98 Å². The average molecular weight is 393 g/mol. The van der Waals surface area contributed by atoms with E-state index in [1.807, 2.05) is 57.3 Å². The monoisotopic (exact) mass is 392 g/mol. The molecule has 0 atom stereocenters. The van der Waals surface area contributed by atoms with Gasteiger partial charge in [0.2, 0.25) is 0 Å². The molecule has 0 fully saturated rings. The normalized spacial score (nSPS) is 12.7. The first-order valence-electron chi connectivity index (χ1n) is 10.3. The highest BCUT2D eigenvalue weighted by atomic mass is 15.0. The fourth-order valence-electron chi connectivity index (χ4n) is 2.48. The van der Waals surface area contributed by atoms with Crippen molar-refractivity contribution in [3.05, 3.63) is 84.5 Å². The minimum Gasteiger partial charge on any atom is -0.344 e. The molecule has 0 aliphatic carbocycles. The second-order valence-electron chi connectivity index (χ2n) is 6.96. The molecule has 0 bridgehead atoms. The Bertz CT molecular complexity index is 765. The Kier molecular flexibility index (Phi) is 12.0. The number of hydrogen-bond acceptors (Lipinski definition) is 3. The lowest BCUT2D eigenvalue weighted by Gasteiger charge is -2.06. The number of hydrogen-bond donors (Lipinski definition) is 2. The van der Waals surface area contributed by atoms with E-state index >= 15 is 0 Å². The lowest BCUT2D eigenvalue weighted by Crippen LogP contribution is -2.18. The van der Waals surface area contributed by atoms with Gasteiger partial charge in [0.1, 0.15) is 5.84 Å². The summed E-state index contributed by atoms with van der Waals surface area (Å²) >= 11 is 0. The molecule has 4 nitrogen and oxygen atoms in total. The number of pyridine rings is 1. The molecule has 0 aliphatic rings. The van der Waals surface area contributed by atoms with Crippen molar-refractivity contribution in [1.82, 2.24) is 15.6 Å². The molecule has 1 rings (SSSR count). The van der Waals surface area contributed by atoms with Crippen molar-refractivity contribution < 1.29 is 0 Å². The van der Waals surface area contributed by atoms with Crippen LogP contribution >= 0.6 is 0 Å². The van der Waals surface area contributed by atoms with Crippen LogP contribution in [0.25, 0.3) is 5.57 Å². The molecule has 29 heavy (non-hydrogen) atoms. The zero-order valence-electron chi connectivity index (χ0n) is 18.5. The van der Waals surface area contributed by atoms with E-state index in [1.165, 1.54) is 6.42 Å². The lowest BCUT2D eigenvalue weighted by molar-refractivity contribution is 0.641. The molecule has 0 saturated heterocycles. The van der Waals surface area contributed by atoms with Gasteiger partial charge in [0.05, 0.1) is 0 Å². The number of nitrogens with zero attached hydrogens (tertiary/aromatic N) is 2. The Morgan fingerprint density at radius 2 is 1.97 bits per heavy atom. The van der Waals surface area contributed by atoms with Crippen molar-refractivity contribution >= 4 is 11.4 Å². The van der Waals surface area contributed by atoms with Crippen molar-refractivity contribution in [1.29, 1.82) is 0 Å². The third kappa shape index (κ3) is 11.0. The van der Waals surface area contributed by atoms with Gasteiger partial charge in [0, 0.05) is 23.8 Å². The van der Waals surface area contributed by atoms with Gasteiger partial charge in [-0.2, -0.15) is 0 Å². The van der Waals surface area contributed by atoms with Gasteiger partial charge in [-0.05, 0) is 82.5 Å². The van der Waals surface area contributed by atoms with Crippen LogP contribution in [0.1, 0.15) is 51.3 Å². The molecule has 156 valence electrons. The predicted molar refractivity (Wildman–Crippen MR) is 128 cm³/mol. The van der Waals surface area contributed by atoms with E-state index < -0.39 is 0 Å². The number of aromatic nitrogens is 1. The van der Waals surface area contributed by atoms with Gasteiger partial charge in [0.25, 0.3) is 0 Å². The van der Waals surface area contributed by atoms with E-state index in [9.17, 15) is 0 Å². The molecule has 0 aliphatic heterocycles. The highest BCUT2D eigenvalue weighted by molar-refractivity contribution is 5.82. The van der Waals surface area contributed by atoms with Gasteiger partial charge in [0.15, 0.2) is 0 Å². The summed E-state index contributed by atoms with van der Waals surface area (Å²) in [5, 5.41) is 6.72. The smallest absolute Gasteiger partial charge is 0.103 e. The molecule has 0 unspecified atom stereocenters. The quantitative estimate of drug-likeness (QED) is 0.207. The molecular formula is C25H36N4. The summed E-state index contributed by atoms with van der Waals surface area (Å²) in [5.74, 6) is 0.809. The second kappa shape index (κ2) is 14.3. The largest absolute Gasteiger partial charge is 0.344 e. The van der Waals surface area contributed by atoms with Crippen molar-refractivity contribution in [3.8, 4) is 0 Å². The molecule has 0 radical (unpaired) electrons. The van der Waals surface area contributed by atoms with Gasteiger partial charge < -0.3 is 10.6 Å². The van der Waals surface area contributed by atoms with Crippen LogP contribution in [0.4, 0.5) is 0 Å². The number of nitrogens with one attached hydrogen (secondary N) is 2. The highest BCUT2D eigenvalue weighted by Gasteiger charge is 1.96. The fraction of sp³-hybridized carbons (Fsp3) is 0.360. The summed E-state index contributed by atoms with van der Waals surface area (Å²) in [6.45, 7) is 18.4. The molecule has 1 aromatic rings. The van der Waals surface area contributed by atoms with Crippen molar-refractivity contribution in [2.75, 3.05) is 13.1 Å². The summed E-state index contributed by atoms with van der Waals surface area (Å²) < 4.78 is 0. The van der Waals surface area contributed by atoms with E-state index in [0.29, 0.717) is 0 Å². The molecule has 0 spiro atoms. The standard InChI is InChI=1S/C25H36N4/c1-7-16-26-17-9-10-20(3)11-14-25(8-2)29-23(6)27-18-15-21(4)24-13-12-22(5)28-19-24/h8,11-15,18-19,26H,3-4,7,9-10,16-17H2,1-2,5-6H3,(H,27,29)/b14-11-,18-15-,25-8+. The molecule has 1 aromatic heterocycles. The molecule has 2 N–H and O–H groups in total. The van der Waals surface area contributed by atoms with Gasteiger partial charge in [-0.15, -0.1) is 0 Å². The summed E-state index contributed by atoms with van der Waals surface area (Å²) in [7, 11) is 0. The Morgan fingerprint density at radius 1 is 1.17 bits per heavy atom. The van der Waals surface area contributed by atoms with Crippen LogP contribution in [0.2, 0.25) is 0 Å². The minimum absolute atomic E-state index is 0.809. The van der Waals surface area contributed by atoms with Crippen LogP contribution < -0.4 is 10.6 Å². The zero-order valence-corrected chi connectivity index (χ0v) is 18.5. The van der Waals surface area contributed by atoms with Crippen LogP contribution in [0.15, 0.2) is 78.3 Å². The van der Waals surface area contributed by atoms with Crippen LogP contribution in [0, 0.1) is 6.92 Å². The zero-order chi connectivity index (χ0) is 21.5. The molecule has 0 amide bonds. The first-order chi connectivity index (χ1) is 14.0. The minimum atomic E-state index is 0.809. The topological polar surface area (TPSA) is 49.3 Å². The van der Waals surface area contributed by atoms with E-state index in [4.69, 9.17) is 0 Å². The first kappa shape index (κ1) is 24.3. The number of amidine groups is 1. The maximum absolute atomic E-state index is 4.44. The second-order valence-corrected chi connectivity index (χ2v) is 6.96. The highest BCUT2D eigenvalue weighted by Crippen LogP contribution is 2.12. The van der Waals surface area contributed by atoms with Crippen LogP contribution in [-0.4, -0.2) is 23.9 Å². The van der Waals surface area contributed by atoms with E-state index in [2.05, 4.69) is 46.8 Å². The lowest BCUT2D eigenvalue weighted by atomic mass is 10.1. The third-order valence-electron chi connectivity index (χ3n) is 4.24. The Balaban J connectivity index is 2.48. The Labute approximate surface area is 176 Å². The Morgan fingerprint density at radius 3 is 2.62 bits per heavy atom. The van der Waals surface area contributed by atoms with Crippen LogP contribution in [0.5, 0.6) is 0 Å². The molecule has 0 saturated carbocycles. The van der Waals surface area contributed by atoms with Gasteiger partial charge in [-0.25, -0.2) is 4.99 Å². The average Bonchev–Trinajstić information content (AvgIpc) is 2.71. The maximum atomic E-state index is 4.44. The summed E-state index contributed by atoms with van der Waals surface area (Å²) in [4.78, 5) is 8.73. The van der Waals surface area contributed by atoms with E-state index in [-0.39, 0.29) is 0 Å². The number of aryl methyl sites for hydroxylation is 1. The number of aliphatic imine (C=N–C) groups is 1. The summed E-state index contributed by atoms with van der Waals surface area (Å²) in [5.41, 5.74) is 4.98. The number of rotatable bonds is 12. The van der Waals surface area contributed by atoms with Crippen LogP contribution in [-0.2, 0) is 0 Å². The summed E-state index contributed by atoms with van der Waals surface area (Å²) in [6.07, 6.45) is 14.9. The fourth-order valence-corrected chi connectivity index (χ4v) is 2.48. The van der Waals surface area contributed by atoms with Crippen LogP contribution in [0.3, 0.4) is 0 Å². The SMILES string of the molecule is C=C(/C=C\C(=C/C)NC(C)=N/C=C\C(=C)c1ccc(C)nc1)CCCNCCC. The maximum Gasteiger partial charge on any atom is 0.103 e. The van der Waals surface area contributed by atoms with Crippen molar-refractivity contribution in [3.63, 3.8) is 0 Å². The van der Waals surface area contributed by atoms with Gasteiger partial charge >= 0.3 is 0 Å². The molecule has 1 heterocycles. The third-order valence-corrected chi connectivity index (χ3v) is 4.24. The van der Waals surface area contributed by atoms with Crippen molar-refractivity contribution in [2.45, 2.75) is 47.0 Å². The van der Waals surface area contributed by atoms with E-state index in [0.717, 1.165) is 59.9 Å². The molecular weight excluding hydrogens is 356 g/mol.